The molecule has 100 valence electrons. The molecule has 0 spiro atoms. The molecule has 1 atom stereocenters. The van der Waals surface area contributed by atoms with Gasteiger partial charge in [-0.2, -0.15) is 0 Å². The fraction of sp³-hybridized carbons (Fsp3) is 1.00. The number of nitrogens with zero attached hydrogens (tertiary/aromatic N) is 3. The molecular weight excluding hydrogens is 212 g/mol. The van der Waals surface area contributed by atoms with Gasteiger partial charge in [0, 0.05) is 57.4 Å². The molecule has 0 bridgehead atoms. The van der Waals surface area contributed by atoms with Crippen molar-refractivity contribution in [3.05, 3.63) is 0 Å². The summed E-state index contributed by atoms with van der Waals surface area (Å²) in [6.45, 7) is 12.9. The maximum absolute atomic E-state index is 3.58. The van der Waals surface area contributed by atoms with E-state index in [0.717, 1.165) is 6.54 Å². The first-order chi connectivity index (χ1) is 7.96. The molecule has 2 saturated heterocycles. The number of hydrogen-bond donors (Lipinski definition) is 1. The molecule has 4 nitrogen and oxygen atoms in total. The lowest BCUT2D eigenvalue weighted by atomic mass is 10.0. The van der Waals surface area contributed by atoms with E-state index >= 15 is 0 Å². The lowest BCUT2D eigenvalue weighted by Gasteiger charge is -2.44. The third-order valence-corrected chi connectivity index (χ3v) is 4.10. The van der Waals surface area contributed by atoms with Crippen LogP contribution in [0.3, 0.4) is 0 Å². The minimum absolute atomic E-state index is 0.275. The summed E-state index contributed by atoms with van der Waals surface area (Å²) in [7, 11) is 4.51. The van der Waals surface area contributed by atoms with Crippen LogP contribution < -0.4 is 5.32 Å². The van der Waals surface area contributed by atoms with Crippen molar-refractivity contribution in [2.45, 2.75) is 25.4 Å². The first kappa shape index (κ1) is 13.3. The van der Waals surface area contributed by atoms with Crippen LogP contribution in [0.15, 0.2) is 0 Å². The highest BCUT2D eigenvalue weighted by atomic mass is 15.3. The van der Waals surface area contributed by atoms with Gasteiger partial charge in [-0.05, 0) is 27.9 Å². The van der Waals surface area contributed by atoms with E-state index in [4.69, 9.17) is 0 Å². The Bertz CT molecular complexity index is 254. The maximum Gasteiger partial charge on any atom is 0.0347 e. The molecule has 0 aromatic rings. The summed E-state index contributed by atoms with van der Waals surface area (Å²) in [6, 6.07) is 0.697. The summed E-state index contributed by atoms with van der Waals surface area (Å²) in [4.78, 5) is 7.60. The zero-order valence-corrected chi connectivity index (χ0v) is 11.9. The smallest absolute Gasteiger partial charge is 0.0347 e. The van der Waals surface area contributed by atoms with Gasteiger partial charge in [0.2, 0.25) is 0 Å². The van der Waals surface area contributed by atoms with Crippen molar-refractivity contribution in [3.63, 3.8) is 0 Å². The van der Waals surface area contributed by atoms with Gasteiger partial charge < -0.3 is 10.2 Å². The Morgan fingerprint density at radius 1 is 1.18 bits per heavy atom. The third kappa shape index (κ3) is 3.65. The predicted octanol–water partition coefficient (Wildman–Crippen LogP) is -0.0840. The maximum atomic E-state index is 3.58. The number of rotatable bonds is 2. The number of nitrogens with one attached hydrogen (secondary N) is 1. The lowest BCUT2D eigenvalue weighted by Crippen LogP contribution is -2.61. The van der Waals surface area contributed by atoms with Crippen molar-refractivity contribution < 1.29 is 0 Å². The molecule has 0 aromatic heterocycles. The monoisotopic (exact) mass is 240 g/mol. The van der Waals surface area contributed by atoms with E-state index in [2.05, 4.69) is 48.0 Å². The van der Waals surface area contributed by atoms with E-state index in [1.165, 1.54) is 39.3 Å². The van der Waals surface area contributed by atoms with Gasteiger partial charge in [0.1, 0.15) is 0 Å². The Balaban J connectivity index is 1.87. The Kier molecular flexibility index (Phi) is 4.08. The Morgan fingerprint density at radius 3 is 2.65 bits per heavy atom. The molecule has 2 heterocycles. The highest BCUT2D eigenvalue weighted by molar-refractivity contribution is 4.90. The van der Waals surface area contributed by atoms with E-state index in [1.54, 1.807) is 0 Å². The molecule has 0 aromatic carbocycles. The second-order valence-electron chi connectivity index (χ2n) is 6.44. The van der Waals surface area contributed by atoms with Crippen LogP contribution in [0.25, 0.3) is 0 Å². The molecule has 4 heteroatoms. The van der Waals surface area contributed by atoms with Gasteiger partial charge in [0.25, 0.3) is 0 Å². The fourth-order valence-corrected chi connectivity index (χ4v) is 3.00. The molecule has 0 saturated carbocycles. The molecule has 2 fully saturated rings. The van der Waals surface area contributed by atoms with Crippen LogP contribution in [0, 0.1) is 0 Å². The Morgan fingerprint density at radius 2 is 1.94 bits per heavy atom. The van der Waals surface area contributed by atoms with Crippen LogP contribution in [0.4, 0.5) is 0 Å². The molecule has 0 amide bonds. The first-order valence-electron chi connectivity index (χ1n) is 6.82. The van der Waals surface area contributed by atoms with Crippen LogP contribution >= 0.6 is 0 Å². The summed E-state index contributed by atoms with van der Waals surface area (Å²) in [5.41, 5.74) is 0.275. The van der Waals surface area contributed by atoms with Gasteiger partial charge >= 0.3 is 0 Å². The first-order valence-corrected chi connectivity index (χ1v) is 6.82. The summed E-state index contributed by atoms with van der Waals surface area (Å²) in [6.07, 6.45) is 0. The highest BCUT2D eigenvalue weighted by Crippen LogP contribution is 2.13. The average molecular weight is 240 g/mol. The largest absolute Gasteiger partial charge is 0.309 e. The minimum atomic E-state index is 0.275. The average Bonchev–Trinajstić information content (AvgIpc) is 2.22. The van der Waals surface area contributed by atoms with Crippen molar-refractivity contribution >= 4 is 0 Å². The molecular formula is C13H28N4. The van der Waals surface area contributed by atoms with Gasteiger partial charge in [-0.25, -0.2) is 0 Å². The van der Waals surface area contributed by atoms with E-state index in [1.807, 2.05) is 0 Å². The predicted molar refractivity (Wildman–Crippen MR) is 72.4 cm³/mol. The molecule has 2 aliphatic rings. The summed E-state index contributed by atoms with van der Waals surface area (Å²) in [5, 5.41) is 3.58. The van der Waals surface area contributed by atoms with Crippen molar-refractivity contribution in [2.75, 3.05) is 59.9 Å². The lowest BCUT2D eigenvalue weighted by molar-refractivity contribution is 0.0627. The topological polar surface area (TPSA) is 21.8 Å². The fourth-order valence-electron chi connectivity index (χ4n) is 3.00. The van der Waals surface area contributed by atoms with Crippen LogP contribution in [0.5, 0.6) is 0 Å². The number of likely N-dealkylation sites (N-methyl/N-ethyl adjacent to an activating group) is 2. The number of piperazine rings is 2. The van der Waals surface area contributed by atoms with Crippen LogP contribution in [-0.2, 0) is 0 Å². The van der Waals surface area contributed by atoms with Crippen LogP contribution in [-0.4, -0.2) is 86.2 Å². The van der Waals surface area contributed by atoms with Crippen molar-refractivity contribution in [1.82, 2.24) is 20.0 Å². The van der Waals surface area contributed by atoms with E-state index < -0.39 is 0 Å². The van der Waals surface area contributed by atoms with Crippen molar-refractivity contribution in [3.8, 4) is 0 Å². The van der Waals surface area contributed by atoms with Gasteiger partial charge in [-0.1, -0.05) is 0 Å². The molecule has 0 aliphatic carbocycles. The molecule has 1 unspecified atom stereocenters. The van der Waals surface area contributed by atoms with Crippen LogP contribution in [0.1, 0.15) is 13.8 Å². The molecule has 17 heavy (non-hydrogen) atoms. The minimum Gasteiger partial charge on any atom is -0.309 e. The van der Waals surface area contributed by atoms with E-state index in [0.29, 0.717) is 6.04 Å². The van der Waals surface area contributed by atoms with Gasteiger partial charge in [0.15, 0.2) is 0 Å². The number of hydrogen-bond acceptors (Lipinski definition) is 4. The zero-order chi connectivity index (χ0) is 12.5. The SMILES string of the molecule is CN1CCN(C)C(CN2CCNC(C)(C)C2)C1. The van der Waals surface area contributed by atoms with Crippen molar-refractivity contribution in [2.24, 2.45) is 0 Å². The van der Waals surface area contributed by atoms with Gasteiger partial charge in [-0.3, -0.25) is 9.80 Å². The summed E-state index contributed by atoms with van der Waals surface area (Å²) < 4.78 is 0. The second kappa shape index (κ2) is 5.22. The molecule has 2 aliphatic heterocycles. The second-order valence-corrected chi connectivity index (χ2v) is 6.44. The summed E-state index contributed by atoms with van der Waals surface area (Å²) >= 11 is 0. The summed E-state index contributed by atoms with van der Waals surface area (Å²) in [5.74, 6) is 0. The zero-order valence-electron chi connectivity index (χ0n) is 11.9. The van der Waals surface area contributed by atoms with E-state index in [-0.39, 0.29) is 5.54 Å². The van der Waals surface area contributed by atoms with Crippen LogP contribution in [0.2, 0.25) is 0 Å². The Hall–Kier alpha value is -0.160. The quantitative estimate of drug-likeness (QED) is 0.728. The normalized spacial score (nSPS) is 32.8. The van der Waals surface area contributed by atoms with Gasteiger partial charge in [-0.15, -0.1) is 0 Å². The van der Waals surface area contributed by atoms with Gasteiger partial charge in [0.05, 0.1) is 0 Å². The molecule has 0 radical (unpaired) electrons. The highest BCUT2D eigenvalue weighted by Gasteiger charge is 2.29. The Labute approximate surface area is 106 Å². The molecule has 1 N–H and O–H groups in total. The van der Waals surface area contributed by atoms with E-state index in [9.17, 15) is 0 Å². The van der Waals surface area contributed by atoms with Crippen molar-refractivity contribution in [1.29, 1.82) is 0 Å². The molecule has 2 rings (SSSR count). The third-order valence-electron chi connectivity index (χ3n) is 4.10. The standard InChI is InChI=1S/C13H28N4/c1-13(2)11-17(6-5-14-13)10-12-9-15(3)7-8-16(12)4/h12,14H,5-11H2,1-4H3.